The summed E-state index contributed by atoms with van der Waals surface area (Å²) >= 11 is 12.8. The van der Waals surface area contributed by atoms with Crippen LogP contribution in [-0.4, -0.2) is 9.38 Å². The molecule has 0 amide bonds. The van der Waals surface area contributed by atoms with Gasteiger partial charge in [0, 0.05) is 21.2 Å². The Bertz CT molecular complexity index is 912. The maximum absolute atomic E-state index is 12.1. The predicted octanol–water partition coefficient (Wildman–Crippen LogP) is 4.45. The molecule has 0 bridgehead atoms. The van der Waals surface area contributed by atoms with Crippen molar-refractivity contribution < 1.29 is 4.74 Å². The predicted molar refractivity (Wildman–Crippen MR) is 92.6 cm³/mol. The van der Waals surface area contributed by atoms with Gasteiger partial charge in [0.2, 0.25) is 0 Å². The maximum atomic E-state index is 12.1. The first-order valence-corrected chi connectivity index (χ1v) is 8.25. The molecule has 0 radical (unpaired) electrons. The number of benzene rings is 1. The van der Waals surface area contributed by atoms with E-state index in [0.717, 1.165) is 8.95 Å². The minimum absolute atomic E-state index is 0.160. The van der Waals surface area contributed by atoms with E-state index in [2.05, 4.69) is 36.8 Å². The molecule has 1 aromatic carbocycles. The zero-order valence-corrected chi connectivity index (χ0v) is 15.0. The van der Waals surface area contributed by atoms with Gasteiger partial charge in [-0.2, -0.15) is 0 Å². The molecule has 4 nitrogen and oxygen atoms in total. The third kappa shape index (κ3) is 3.34. The molecule has 7 heteroatoms. The molecule has 0 unspecified atom stereocenters. The number of fused-ring (bicyclic) bond motifs is 1. The van der Waals surface area contributed by atoms with Crippen LogP contribution in [0.4, 0.5) is 0 Å². The van der Waals surface area contributed by atoms with Gasteiger partial charge in [0.05, 0.1) is 10.7 Å². The van der Waals surface area contributed by atoms with Gasteiger partial charge >= 0.3 is 0 Å². The normalized spacial score (nSPS) is 10.9. The van der Waals surface area contributed by atoms with Crippen LogP contribution in [0.3, 0.4) is 0 Å². The zero-order chi connectivity index (χ0) is 15.7. The number of pyridine rings is 1. The van der Waals surface area contributed by atoms with Gasteiger partial charge in [-0.1, -0.05) is 27.5 Å². The topological polar surface area (TPSA) is 43.6 Å². The molecular formula is C15H9Br2ClN2O2. The molecule has 0 fully saturated rings. The van der Waals surface area contributed by atoms with Crippen LogP contribution in [0.5, 0.6) is 5.75 Å². The Balaban J connectivity index is 1.88. The molecule has 0 aliphatic carbocycles. The number of nitrogens with zero attached hydrogens (tertiary/aromatic N) is 2. The summed E-state index contributed by atoms with van der Waals surface area (Å²) in [6.45, 7) is 0.170. The number of hydrogen-bond donors (Lipinski definition) is 0. The third-order valence-electron chi connectivity index (χ3n) is 2.95. The van der Waals surface area contributed by atoms with Crippen LogP contribution in [0.1, 0.15) is 5.69 Å². The van der Waals surface area contributed by atoms with Crippen molar-refractivity contribution in [1.29, 1.82) is 0 Å². The van der Waals surface area contributed by atoms with E-state index in [1.807, 2.05) is 12.1 Å². The summed E-state index contributed by atoms with van der Waals surface area (Å²) in [4.78, 5) is 16.5. The minimum atomic E-state index is -0.160. The number of hydrogen-bond acceptors (Lipinski definition) is 3. The lowest BCUT2D eigenvalue weighted by Gasteiger charge is -2.09. The van der Waals surface area contributed by atoms with E-state index in [1.54, 1.807) is 24.4 Å². The molecule has 0 spiro atoms. The second kappa shape index (κ2) is 6.40. The molecule has 0 aliphatic rings. The summed E-state index contributed by atoms with van der Waals surface area (Å²) in [5.74, 6) is 0.544. The van der Waals surface area contributed by atoms with Crippen molar-refractivity contribution in [2.24, 2.45) is 0 Å². The molecule has 2 aromatic heterocycles. The van der Waals surface area contributed by atoms with Gasteiger partial charge in [0.25, 0.3) is 5.56 Å². The van der Waals surface area contributed by atoms with Crippen LogP contribution in [0, 0.1) is 0 Å². The lowest BCUT2D eigenvalue weighted by molar-refractivity contribution is 0.301. The standard InChI is InChI=1S/C15H9Br2ClN2O2/c16-9-1-3-13(12(18)5-9)22-8-11-6-15(21)20-7-10(17)2-4-14(20)19-11/h1-7H,8H2. The van der Waals surface area contributed by atoms with Crippen molar-refractivity contribution in [3.63, 3.8) is 0 Å². The van der Waals surface area contributed by atoms with E-state index in [1.165, 1.54) is 10.5 Å². The van der Waals surface area contributed by atoms with Crippen molar-refractivity contribution in [1.82, 2.24) is 9.38 Å². The molecule has 0 saturated carbocycles. The Hall–Kier alpha value is -1.37. The van der Waals surface area contributed by atoms with E-state index in [-0.39, 0.29) is 12.2 Å². The molecule has 0 saturated heterocycles. The van der Waals surface area contributed by atoms with Gasteiger partial charge in [-0.05, 0) is 46.3 Å². The molecule has 0 atom stereocenters. The lowest BCUT2D eigenvalue weighted by atomic mass is 10.3. The number of ether oxygens (including phenoxy) is 1. The van der Waals surface area contributed by atoms with Crippen LogP contribution in [0.25, 0.3) is 5.65 Å². The van der Waals surface area contributed by atoms with Gasteiger partial charge in [-0.25, -0.2) is 4.98 Å². The average molecular weight is 445 g/mol. The molecule has 0 aliphatic heterocycles. The molecular weight excluding hydrogens is 435 g/mol. The van der Waals surface area contributed by atoms with Gasteiger partial charge in [0.15, 0.2) is 0 Å². The van der Waals surface area contributed by atoms with Crippen molar-refractivity contribution in [2.75, 3.05) is 0 Å². The maximum Gasteiger partial charge on any atom is 0.258 e. The highest BCUT2D eigenvalue weighted by Crippen LogP contribution is 2.28. The fourth-order valence-corrected chi connectivity index (χ4v) is 3.01. The first kappa shape index (κ1) is 15.5. The van der Waals surface area contributed by atoms with E-state index < -0.39 is 0 Å². The van der Waals surface area contributed by atoms with Gasteiger partial charge in [-0.15, -0.1) is 0 Å². The summed E-state index contributed by atoms with van der Waals surface area (Å²) in [6.07, 6.45) is 1.68. The van der Waals surface area contributed by atoms with E-state index in [9.17, 15) is 4.79 Å². The summed E-state index contributed by atoms with van der Waals surface area (Å²) in [7, 11) is 0. The fraction of sp³-hybridized carbons (Fsp3) is 0.0667. The fourth-order valence-electron chi connectivity index (χ4n) is 1.94. The van der Waals surface area contributed by atoms with Crippen molar-refractivity contribution in [3.8, 4) is 5.75 Å². The summed E-state index contributed by atoms with van der Waals surface area (Å²) in [5, 5.41) is 0.496. The average Bonchev–Trinajstić information content (AvgIpc) is 2.47. The Labute approximate surface area is 148 Å². The van der Waals surface area contributed by atoms with Gasteiger partial charge < -0.3 is 4.74 Å². The summed E-state index contributed by atoms with van der Waals surface area (Å²) < 4.78 is 8.79. The second-order valence-electron chi connectivity index (χ2n) is 4.52. The SMILES string of the molecule is O=c1cc(COc2ccc(Br)cc2Cl)nc2ccc(Br)cn12. The molecule has 3 aromatic rings. The Morgan fingerprint density at radius 1 is 1.14 bits per heavy atom. The van der Waals surface area contributed by atoms with E-state index in [0.29, 0.717) is 22.1 Å². The van der Waals surface area contributed by atoms with Crippen molar-refractivity contribution in [2.45, 2.75) is 6.61 Å². The zero-order valence-electron chi connectivity index (χ0n) is 11.1. The van der Waals surface area contributed by atoms with Crippen LogP contribution < -0.4 is 10.3 Å². The number of halogens is 3. The Kier molecular flexibility index (Phi) is 4.52. The molecule has 3 rings (SSSR count). The minimum Gasteiger partial charge on any atom is -0.486 e. The largest absolute Gasteiger partial charge is 0.486 e. The van der Waals surface area contributed by atoms with Crippen molar-refractivity contribution >= 4 is 49.1 Å². The second-order valence-corrected chi connectivity index (χ2v) is 6.76. The molecule has 22 heavy (non-hydrogen) atoms. The van der Waals surface area contributed by atoms with E-state index in [4.69, 9.17) is 16.3 Å². The van der Waals surface area contributed by atoms with Crippen LogP contribution in [0.15, 0.2) is 56.3 Å². The van der Waals surface area contributed by atoms with Crippen LogP contribution in [-0.2, 0) is 6.61 Å². The lowest BCUT2D eigenvalue weighted by Crippen LogP contribution is -2.16. The van der Waals surface area contributed by atoms with Crippen LogP contribution in [0.2, 0.25) is 5.02 Å². The first-order chi connectivity index (χ1) is 10.5. The third-order valence-corrected chi connectivity index (χ3v) is 4.20. The molecule has 0 N–H and O–H groups in total. The molecule has 112 valence electrons. The van der Waals surface area contributed by atoms with Crippen molar-refractivity contribution in [3.05, 3.63) is 72.6 Å². The highest BCUT2D eigenvalue weighted by atomic mass is 79.9. The Morgan fingerprint density at radius 3 is 2.68 bits per heavy atom. The monoisotopic (exact) mass is 442 g/mol. The quantitative estimate of drug-likeness (QED) is 0.600. The van der Waals surface area contributed by atoms with Gasteiger partial charge in [-0.3, -0.25) is 9.20 Å². The molecule has 2 heterocycles. The van der Waals surface area contributed by atoms with Crippen LogP contribution >= 0.6 is 43.5 Å². The highest BCUT2D eigenvalue weighted by molar-refractivity contribution is 9.10. The number of aromatic nitrogens is 2. The first-order valence-electron chi connectivity index (χ1n) is 6.28. The smallest absolute Gasteiger partial charge is 0.258 e. The number of rotatable bonds is 3. The summed E-state index contributed by atoms with van der Waals surface area (Å²) in [6, 6.07) is 10.4. The Morgan fingerprint density at radius 2 is 1.91 bits per heavy atom. The highest BCUT2D eigenvalue weighted by Gasteiger charge is 2.06. The summed E-state index contributed by atoms with van der Waals surface area (Å²) in [5.41, 5.74) is 0.953. The van der Waals surface area contributed by atoms with E-state index >= 15 is 0 Å². The van der Waals surface area contributed by atoms with Gasteiger partial charge in [0.1, 0.15) is 18.0 Å².